The number of ether oxygens (including phenoxy) is 2. The number of carbonyl (C=O) groups excluding carboxylic acids is 2. The fourth-order valence-corrected chi connectivity index (χ4v) is 4.46. The van der Waals surface area contributed by atoms with Gasteiger partial charge in [0.05, 0.1) is 48.6 Å². The number of nitrogens with zero attached hydrogens (tertiary/aromatic N) is 2. The molecule has 0 fully saturated rings. The van der Waals surface area contributed by atoms with E-state index >= 15 is 0 Å². The van der Waals surface area contributed by atoms with E-state index in [-0.39, 0.29) is 33.9 Å². The lowest BCUT2D eigenvalue weighted by Gasteiger charge is -2.36. The molecule has 0 bridgehead atoms. The lowest BCUT2D eigenvalue weighted by Crippen LogP contribution is -2.41. The Labute approximate surface area is 203 Å². The molecule has 2 aromatic carbocycles. The Hall–Kier alpha value is -4.10. The first kappa shape index (κ1) is 24.5. The van der Waals surface area contributed by atoms with Crippen molar-refractivity contribution in [2.75, 3.05) is 19.1 Å². The molecule has 0 saturated heterocycles. The van der Waals surface area contributed by atoms with Crippen molar-refractivity contribution < 1.29 is 29.0 Å². The summed E-state index contributed by atoms with van der Waals surface area (Å²) in [5.41, 5.74) is 7.10. The van der Waals surface area contributed by atoms with Gasteiger partial charge >= 0.3 is 17.9 Å². The van der Waals surface area contributed by atoms with Gasteiger partial charge in [-0.25, -0.2) is 14.4 Å². The highest BCUT2D eigenvalue weighted by atomic mass is 79.9. The number of aryl methyl sites for hydroxylation is 1. The summed E-state index contributed by atoms with van der Waals surface area (Å²) >= 11 is 3.22. The number of methoxy groups -OCH3 is 2. The molecule has 174 valence electrons. The molecule has 1 aliphatic heterocycles. The smallest absolute Gasteiger partial charge is 0.355 e. The molecule has 0 aromatic heterocycles. The number of hydrogen-bond acceptors (Lipinski definition) is 8. The van der Waals surface area contributed by atoms with E-state index in [1.165, 1.54) is 17.0 Å². The third-order valence-electron chi connectivity index (χ3n) is 5.37. The maximum absolute atomic E-state index is 13.1. The zero-order valence-electron chi connectivity index (χ0n) is 18.5. The number of nitrogens with two attached hydrogens (primary N) is 1. The molecular formula is C24H20BrN3O6. The van der Waals surface area contributed by atoms with Crippen LogP contribution in [0.15, 0.2) is 69.6 Å². The van der Waals surface area contributed by atoms with Crippen molar-refractivity contribution in [1.82, 2.24) is 0 Å². The number of esters is 2. The van der Waals surface area contributed by atoms with Crippen LogP contribution in [0.25, 0.3) is 0 Å². The summed E-state index contributed by atoms with van der Waals surface area (Å²) in [5.74, 6) is -4.18. The van der Waals surface area contributed by atoms with E-state index in [1.807, 2.05) is 6.07 Å². The molecule has 3 rings (SSSR count). The van der Waals surface area contributed by atoms with E-state index in [0.29, 0.717) is 15.6 Å². The molecule has 10 heteroatoms. The minimum atomic E-state index is -1.23. The third-order valence-corrected chi connectivity index (χ3v) is 6.02. The van der Waals surface area contributed by atoms with Gasteiger partial charge in [-0.15, -0.1) is 0 Å². The molecule has 0 amide bonds. The Bertz CT molecular complexity index is 1290. The van der Waals surface area contributed by atoms with E-state index in [0.717, 1.165) is 14.2 Å². The summed E-state index contributed by atoms with van der Waals surface area (Å²) in [6.45, 7) is 1.67. The predicted molar refractivity (Wildman–Crippen MR) is 125 cm³/mol. The van der Waals surface area contributed by atoms with E-state index < -0.39 is 23.8 Å². The van der Waals surface area contributed by atoms with E-state index in [1.54, 1.807) is 37.3 Å². The highest BCUT2D eigenvalue weighted by Crippen LogP contribution is 2.44. The predicted octanol–water partition coefficient (Wildman–Crippen LogP) is 3.35. The Morgan fingerprint density at radius 2 is 1.74 bits per heavy atom. The molecule has 1 unspecified atom stereocenters. The average Bonchev–Trinajstić information content (AvgIpc) is 2.83. The topological polar surface area (TPSA) is 143 Å². The van der Waals surface area contributed by atoms with Gasteiger partial charge in [0.25, 0.3) is 0 Å². The van der Waals surface area contributed by atoms with Crippen LogP contribution in [-0.2, 0) is 19.1 Å². The van der Waals surface area contributed by atoms with Gasteiger partial charge in [-0.3, -0.25) is 4.90 Å². The number of carbonyl (C=O) groups is 3. The van der Waals surface area contributed by atoms with E-state index in [4.69, 9.17) is 15.2 Å². The first-order chi connectivity index (χ1) is 16.2. The van der Waals surface area contributed by atoms with Crippen LogP contribution in [0.4, 0.5) is 5.69 Å². The van der Waals surface area contributed by atoms with Gasteiger partial charge in [-0.2, -0.15) is 5.26 Å². The monoisotopic (exact) mass is 525 g/mol. The van der Waals surface area contributed by atoms with Crippen molar-refractivity contribution in [2.45, 2.75) is 12.8 Å². The zero-order chi connectivity index (χ0) is 25.2. The first-order valence-corrected chi connectivity index (χ1v) is 10.7. The van der Waals surface area contributed by atoms with E-state index in [9.17, 15) is 24.8 Å². The molecule has 3 N–H and O–H groups in total. The second kappa shape index (κ2) is 9.80. The van der Waals surface area contributed by atoms with Crippen LogP contribution >= 0.6 is 15.9 Å². The summed E-state index contributed by atoms with van der Waals surface area (Å²) < 4.78 is 10.3. The van der Waals surface area contributed by atoms with Crippen molar-refractivity contribution in [1.29, 1.82) is 5.26 Å². The maximum atomic E-state index is 13.1. The lowest BCUT2D eigenvalue weighted by atomic mass is 9.80. The van der Waals surface area contributed by atoms with Gasteiger partial charge in [0, 0.05) is 4.47 Å². The van der Waals surface area contributed by atoms with Gasteiger partial charge < -0.3 is 20.3 Å². The second-order valence-electron chi connectivity index (χ2n) is 7.26. The number of carboxylic acids is 1. The molecule has 0 saturated carbocycles. The van der Waals surface area contributed by atoms with Crippen LogP contribution in [0.5, 0.6) is 0 Å². The van der Waals surface area contributed by atoms with E-state index in [2.05, 4.69) is 15.9 Å². The summed E-state index contributed by atoms with van der Waals surface area (Å²) in [5, 5.41) is 19.7. The van der Waals surface area contributed by atoms with Crippen molar-refractivity contribution in [2.24, 2.45) is 5.73 Å². The number of nitriles is 1. The quantitative estimate of drug-likeness (QED) is 0.561. The molecule has 1 atom stereocenters. The molecule has 1 aliphatic rings. The van der Waals surface area contributed by atoms with Gasteiger partial charge in [-0.05, 0) is 46.1 Å². The fourth-order valence-electron chi connectivity index (χ4n) is 3.83. The van der Waals surface area contributed by atoms with Crippen molar-refractivity contribution in [3.05, 3.63) is 86.3 Å². The summed E-state index contributed by atoms with van der Waals surface area (Å²) in [6.07, 6.45) is 0. The number of benzene rings is 2. The molecule has 2 aromatic rings. The number of anilines is 1. The zero-order valence-corrected chi connectivity index (χ0v) is 20.0. The molecule has 9 nitrogen and oxygen atoms in total. The largest absolute Gasteiger partial charge is 0.478 e. The average molecular weight is 526 g/mol. The minimum absolute atomic E-state index is 0.0153. The molecule has 34 heavy (non-hydrogen) atoms. The van der Waals surface area contributed by atoms with Gasteiger partial charge in [-0.1, -0.05) is 30.3 Å². The third kappa shape index (κ3) is 4.13. The van der Waals surface area contributed by atoms with Crippen LogP contribution in [0.1, 0.15) is 27.4 Å². The van der Waals surface area contributed by atoms with Gasteiger partial charge in [0.2, 0.25) is 0 Å². The fraction of sp³-hybridized carbons (Fsp3) is 0.167. The number of halogens is 1. The Morgan fingerprint density at radius 3 is 2.26 bits per heavy atom. The standard InChI is InChI=1S/C24H20BrN3O6/c1-12-9-16(25)14(22(29)30)10-17(12)28-20(24(32)34-3)19(23(31)33-2)18(15(11-26)21(28)27)13-7-5-4-6-8-13/h4-10,18H,27H2,1-3H3,(H,29,30). The number of carboxylic acid groups (broad SMARTS) is 1. The van der Waals surface area contributed by atoms with Gasteiger partial charge in [0.1, 0.15) is 11.5 Å². The highest BCUT2D eigenvalue weighted by molar-refractivity contribution is 9.10. The SMILES string of the molecule is COC(=O)C1=C(C(=O)OC)N(c2cc(C(=O)O)c(Br)cc2C)C(N)=C(C#N)C1c1ccccc1. The molecule has 0 radical (unpaired) electrons. The first-order valence-electron chi connectivity index (χ1n) is 9.86. The number of rotatable bonds is 5. The molecule has 0 spiro atoms. The molecular weight excluding hydrogens is 506 g/mol. The number of hydrogen-bond donors (Lipinski definition) is 2. The highest BCUT2D eigenvalue weighted by Gasteiger charge is 2.43. The Kier molecular flexibility index (Phi) is 7.08. The van der Waals surface area contributed by atoms with Crippen molar-refractivity contribution in [3.63, 3.8) is 0 Å². The van der Waals surface area contributed by atoms with Crippen molar-refractivity contribution >= 4 is 39.5 Å². The summed E-state index contributed by atoms with van der Waals surface area (Å²) in [7, 11) is 2.29. The minimum Gasteiger partial charge on any atom is -0.478 e. The lowest BCUT2D eigenvalue weighted by molar-refractivity contribution is -0.139. The number of aromatic carboxylic acids is 1. The molecule has 0 aliphatic carbocycles. The van der Waals surface area contributed by atoms with Crippen LogP contribution in [-0.4, -0.2) is 37.2 Å². The Balaban J connectivity index is 2.48. The Morgan fingerprint density at radius 1 is 1.12 bits per heavy atom. The summed E-state index contributed by atoms with van der Waals surface area (Å²) in [4.78, 5) is 39.1. The normalized spacial score (nSPS) is 15.6. The molecule has 1 heterocycles. The van der Waals surface area contributed by atoms with Crippen LogP contribution in [0.3, 0.4) is 0 Å². The maximum Gasteiger partial charge on any atom is 0.355 e. The van der Waals surface area contributed by atoms with Crippen LogP contribution in [0.2, 0.25) is 0 Å². The van der Waals surface area contributed by atoms with Crippen molar-refractivity contribution in [3.8, 4) is 6.07 Å². The summed E-state index contributed by atoms with van der Waals surface area (Å²) in [6, 6.07) is 13.5. The second-order valence-corrected chi connectivity index (χ2v) is 8.11. The van der Waals surface area contributed by atoms with Gasteiger partial charge in [0.15, 0.2) is 0 Å². The van der Waals surface area contributed by atoms with Crippen LogP contribution in [0, 0.1) is 18.3 Å². The number of allylic oxidation sites excluding steroid dienone is 1. The van der Waals surface area contributed by atoms with Crippen LogP contribution < -0.4 is 10.6 Å².